The van der Waals surface area contributed by atoms with E-state index in [1.54, 1.807) is 36.4 Å². The maximum absolute atomic E-state index is 14.2. The summed E-state index contributed by atoms with van der Waals surface area (Å²) in [5, 5.41) is 10.9. The molecule has 3 N–H and O–H groups in total. The molecule has 0 bridgehead atoms. The van der Waals surface area contributed by atoms with Gasteiger partial charge in [0, 0.05) is 21.9 Å². The smallest absolute Gasteiger partial charge is 0.249 e. The Morgan fingerprint density at radius 3 is 2.69 bits per heavy atom. The Morgan fingerprint density at radius 1 is 1.15 bits per heavy atom. The molecule has 0 aliphatic carbocycles. The molecular formula is C21H16FN2O2. The van der Waals surface area contributed by atoms with Gasteiger partial charge in [-0.05, 0) is 42.0 Å². The van der Waals surface area contributed by atoms with Gasteiger partial charge in [-0.15, -0.1) is 0 Å². The first-order valence-electron chi connectivity index (χ1n) is 8.19. The van der Waals surface area contributed by atoms with Gasteiger partial charge in [0.25, 0.3) is 0 Å². The fraction of sp³-hybridized carbons (Fsp3) is 0.0952. The zero-order valence-electron chi connectivity index (χ0n) is 13.9. The molecule has 0 aliphatic heterocycles. The van der Waals surface area contributed by atoms with Crippen molar-refractivity contribution in [2.75, 3.05) is 0 Å². The molecule has 0 aliphatic rings. The third-order valence-electron chi connectivity index (χ3n) is 4.59. The van der Waals surface area contributed by atoms with Crippen LogP contribution in [-0.4, -0.2) is 15.6 Å². The van der Waals surface area contributed by atoms with Crippen molar-refractivity contribution in [2.45, 2.75) is 13.2 Å². The van der Waals surface area contributed by atoms with E-state index in [-0.39, 0.29) is 19.0 Å². The van der Waals surface area contributed by atoms with Gasteiger partial charge in [-0.25, -0.2) is 4.39 Å². The van der Waals surface area contributed by atoms with Crippen molar-refractivity contribution in [3.63, 3.8) is 0 Å². The van der Waals surface area contributed by atoms with E-state index in [2.05, 4.69) is 6.07 Å². The van der Waals surface area contributed by atoms with Gasteiger partial charge in [-0.2, -0.15) is 0 Å². The Labute approximate surface area is 149 Å². The van der Waals surface area contributed by atoms with Gasteiger partial charge >= 0.3 is 0 Å². The number of carbonyl (C=O) groups excluding carboxylic acids is 1. The van der Waals surface area contributed by atoms with Crippen molar-refractivity contribution < 1.29 is 14.3 Å². The fourth-order valence-electron chi connectivity index (χ4n) is 3.36. The van der Waals surface area contributed by atoms with E-state index in [9.17, 15) is 14.3 Å². The minimum atomic E-state index is -0.528. The minimum absolute atomic E-state index is 0.129. The van der Waals surface area contributed by atoms with Crippen LogP contribution in [0.1, 0.15) is 21.5 Å². The van der Waals surface area contributed by atoms with E-state index in [1.165, 1.54) is 6.07 Å². The zero-order valence-corrected chi connectivity index (χ0v) is 13.9. The number of nitrogens with zero attached hydrogens (tertiary/aromatic N) is 1. The zero-order chi connectivity index (χ0) is 18.3. The summed E-state index contributed by atoms with van der Waals surface area (Å²) < 4.78 is 16.1. The molecule has 3 aromatic carbocycles. The van der Waals surface area contributed by atoms with Crippen LogP contribution in [0.15, 0.2) is 54.6 Å². The van der Waals surface area contributed by atoms with Crippen LogP contribution < -0.4 is 5.73 Å². The number of rotatable bonds is 4. The van der Waals surface area contributed by atoms with Crippen molar-refractivity contribution >= 4 is 27.7 Å². The molecule has 26 heavy (non-hydrogen) atoms. The van der Waals surface area contributed by atoms with Crippen LogP contribution >= 0.6 is 0 Å². The molecule has 4 nitrogen and oxygen atoms in total. The number of aliphatic hydroxyl groups excluding tert-OH is 1. The second-order valence-electron chi connectivity index (χ2n) is 6.17. The number of amides is 1. The van der Waals surface area contributed by atoms with Gasteiger partial charge in [0.05, 0.1) is 24.2 Å². The standard InChI is InChI=1S/C21H16FN2O2/c22-17-6-2-1-4-14(17)11-24-18-7-3-5-16(21(23)26)20(18)15-9-8-13(12-25)10-19(15)24/h1-8,10,25H,11-12H2,(H2,23,26). The van der Waals surface area contributed by atoms with Gasteiger partial charge in [0.1, 0.15) is 5.82 Å². The summed E-state index contributed by atoms with van der Waals surface area (Å²) in [5.41, 5.74) is 8.71. The first-order chi connectivity index (χ1) is 12.6. The molecule has 1 radical (unpaired) electrons. The molecule has 0 saturated heterocycles. The molecule has 1 amide bonds. The highest BCUT2D eigenvalue weighted by Crippen LogP contribution is 2.33. The molecule has 0 unspecified atom stereocenters. The predicted octanol–water partition coefficient (Wildman–Crippen LogP) is 3.37. The fourth-order valence-corrected chi connectivity index (χ4v) is 3.36. The molecule has 129 valence electrons. The van der Waals surface area contributed by atoms with Gasteiger partial charge in [-0.3, -0.25) is 4.79 Å². The third-order valence-corrected chi connectivity index (χ3v) is 4.59. The second-order valence-corrected chi connectivity index (χ2v) is 6.17. The Bertz CT molecular complexity index is 1150. The molecule has 0 spiro atoms. The quantitative estimate of drug-likeness (QED) is 0.594. The van der Waals surface area contributed by atoms with E-state index in [0.29, 0.717) is 22.1 Å². The first-order valence-corrected chi connectivity index (χ1v) is 8.19. The number of carbonyl (C=O) groups is 1. The predicted molar refractivity (Wildman–Crippen MR) is 98.2 cm³/mol. The first kappa shape index (κ1) is 16.3. The number of aliphatic hydroxyl groups is 1. The number of fused-ring (bicyclic) bond motifs is 3. The van der Waals surface area contributed by atoms with E-state index in [0.717, 1.165) is 16.4 Å². The number of primary amides is 1. The van der Waals surface area contributed by atoms with E-state index >= 15 is 0 Å². The van der Waals surface area contributed by atoms with Gasteiger partial charge in [-0.1, -0.05) is 24.3 Å². The largest absolute Gasteiger partial charge is 0.392 e. The topological polar surface area (TPSA) is 68.2 Å². The SMILES string of the molecule is NC(=O)c1cccc2c1c1[c]cc(CO)cc1n2Cc1ccccc1F. The lowest BCUT2D eigenvalue weighted by Gasteiger charge is -2.09. The molecule has 4 aromatic rings. The lowest BCUT2D eigenvalue weighted by molar-refractivity contribution is 0.100. The van der Waals surface area contributed by atoms with Crippen LogP contribution in [0.5, 0.6) is 0 Å². The minimum Gasteiger partial charge on any atom is -0.392 e. The van der Waals surface area contributed by atoms with Gasteiger partial charge in [0.15, 0.2) is 0 Å². The molecule has 0 fully saturated rings. The molecule has 0 saturated carbocycles. The van der Waals surface area contributed by atoms with Crippen LogP contribution in [0.4, 0.5) is 4.39 Å². The number of hydrogen-bond acceptors (Lipinski definition) is 2. The molecule has 4 rings (SSSR count). The molecule has 5 heteroatoms. The average Bonchev–Trinajstić information content (AvgIpc) is 2.96. The molecule has 0 atom stereocenters. The summed E-state index contributed by atoms with van der Waals surface area (Å²) in [6.07, 6.45) is 0. The molecular weight excluding hydrogens is 331 g/mol. The average molecular weight is 347 g/mol. The number of halogens is 1. The highest BCUT2D eigenvalue weighted by atomic mass is 19.1. The highest BCUT2D eigenvalue weighted by molar-refractivity contribution is 6.17. The number of hydrogen-bond donors (Lipinski definition) is 2. The van der Waals surface area contributed by atoms with Crippen LogP contribution in [0, 0.1) is 11.9 Å². The van der Waals surface area contributed by atoms with Crippen molar-refractivity contribution in [1.82, 2.24) is 4.57 Å². The van der Waals surface area contributed by atoms with E-state index in [1.807, 2.05) is 16.7 Å². The Morgan fingerprint density at radius 2 is 1.96 bits per heavy atom. The lowest BCUT2D eigenvalue weighted by atomic mass is 10.0. The van der Waals surface area contributed by atoms with Crippen LogP contribution in [0.3, 0.4) is 0 Å². The van der Waals surface area contributed by atoms with Gasteiger partial charge < -0.3 is 15.4 Å². The maximum Gasteiger partial charge on any atom is 0.249 e. The van der Waals surface area contributed by atoms with Crippen molar-refractivity contribution in [3.05, 3.63) is 83.2 Å². The van der Waals surface area contributed by atoms with Crippen molar-refractivity contribution in [3.8, 4) is 0 Å². The summed E-state index contributed by atoms with van der Waals surface area (Å²) in [4.78, 5) is 11.9. The van der Waals surface area contributed by atoms with Crippen LogP contribution in [0.25, 0.3) is 21.8 Å². The third kappa shape index (κ3) is 2.53. The summed E-state index contributed by atoms with van der Waals surface area (Å²) in [5.74, 6) is -0.823. The van der Waals surface area contributed by atoms with Crippen molar-refractivity contribution in [2.24, 2.45) is 5.73 Å². The highest BCUT2D eigenvalue weighted by Gasteiger charge is 2.17. The van der Waals surface area contributed by atoms with Crippen molar-refractivity contribution in [1.29, 1.82) is 0 Å². The number of aromatic nitrogens is 1. The number of nitrogens with two attached hydrogens (primary N) is 1. The number of benzene rings is 3. The van der Waals surface area contributed by atoms with E-state index < -0.39 is 5.91 Å². The summed E-state index contributed by atoms with van der Waals surface area (Å²) in [6.45, 7) is 0.161. The monoisotopic (exact) mass is 347 g/mol. The van der Waals surface area contributed by atoms with Crippen LogP contribution in [0.2, 0.25) is 0 Å². The molecule has 1 aromatic heterocycles. The Hall–Kier alpha value is -3.18. The molecule has 1 heterocycles. The Kier molecular flexibility index (Phi) is 3.93. The second kappa shape index (κ2) is 6.28. The van der Waals surface area contributed by atoms with Crippen LogP contribution in [-0.2, 0) is 13.2 Å². The van der Waals surface area contributed by atoms with E-state index in [4.69, 9.17) is 5.73 Å². The lowest BCUT2D eigenvalue weighted by Crippen LogP contribution is -2.11. The Balaban J connectivity index is 2.07. The summed E-state index contributed by atoms with van der Waals surface area (Å²) >= 11 is 0. The summed E-state index contributed by atoms with van der Waals surface area (Å²) in [6, 6.07) is 18.5. The normalized spacial score (nSPS) is 11.3. The maximum atomic E-state index is 14.2. The summed E-state index contributed by atoms with van der Waals surface area (Å²) in [7, 11) is 0. The van der Waals surface area contributed by atoms with Gasteiger partial charge in [0.2, 0.25) is 5.91 Å².